The van der Waals surface area contributed by atoms with Gasteiger partial charge in [-0.3, -0.25) is 0 Å². The Morgan fingerprint density at radius 2 is 2.25 bits per heavy atom. The Bertz CT molecular complexity index is 574. The van der Waals surface area contributed by atoms with Crippen molar-refractivity contribution >= 4 is 21.6 Å². The first kappa shape index (κ1) is 15.7. The number of rotatable bonds is 4. The van der Waals surface area contributed by atoms with Crippen LogP contribution in [0.1, 0.15) is 19.8 Å². The van der Waals surface area contributed by atoms with Crippen molar-refractivity contribution in [1.29, 1.82) is 0 Å². The molecule has 1 aliphatic heterocycles. The quantitative estimate of drug-likeness (QED) is 0.925. The van der Waals surface area contributed by atoms with Crippen LogP contribution in [0.3, 0.4) is 0 Å². The Morgan fingerprint density at radius 3 is 2.80 bits per heavy atom. The van der Waals surface area contributed by atoms with E-state index in [-0.39, 0.29) is 16.0 Å². The van der Waals surface area contributed by atoms with Crippen molar-refractivity contribution in [3.05, 3.63) is 29.0 Å². The number of hydrogen-bond acceptors (Lipinski definition) is 3. The lowest BCUT2D eigenvalue weighted by Crippen LogP contribution is -2.48. The van der Waals surface area contributed by atoms with Crippen molar-refractivity contribution in [1.82, 2.24) is 9.62 Å². The van der Waals surface area contributed by atoms with Gasteiger partial charge in [0.2, 0.25) is 10.0 Å². The van der Waals surface area contributed by atoms with E-state index in [0.717, 1.165) is 25.5 Å². The maximum atomic E-state index is 13.9. The molecule has 4 nitrogen and oxygen atoms in total. The molecule has 1 N–H and O–H groups in total. The Morgan fingerprint density at radius 1 is 1.50 bits per heavy atom. The van der Waals surface area contributed by atoms with Gasteiger partial charge < -0.3 is 5.32 Å². The lowest BCUT2D eigenvalue weighted by atomic mass is 10.1. The van der Waals surface area contributed by atoms with E-state index >= 15 is 0 Å². The minimum absolute atomic E-state index is 0.131. The Balaban J connectivity index is 2.35. The maximum Gasteiger partial charge on any atom is 0.246 e. The fraction of sp³-hybridized carbons (Fsp3) is 0.538. The Hall–Kier alpha value is -0.690. The first-order chi connectivity index (χ1) is 9.46. The first-order valence-electron chi connectivity index (χ1n) is 6.64. The van der Waals surface area contributed by atoms with Gasteiger partial charge in [0.05, 0.1) is 0 Å². The highest BCUT2D eigenvalue weighted by atomic mass is 35.5. The normalized spacial score (nSPS) is 20.3. The SMILES string of the molecule is CCN(C1CCCNC1)S(=O)(=O)c1ccc(Cl)cc1F. The van der Waals surface area contributed by atoms with Crippen molar-refractivity contribution in [2.24, 2.45) is 0 Å². The predicted molar refractivity (Wildman–Crippen MR) is 76.9 cm³/mol. The molecule has 1 unspecified atom stereocenters. The zero-order valence-corrected chi connectivity index (χ0v) is 12.8. The monoisotopic (exact) mass is 320 g/mol. The summed E-state index contributed by atoms with van der Waals surface area (Å²) in [7, 11) is -3.84. The van der Waals surface area contributed by atoms with Gasteiger partial charge in [-0.15, -0.1) is 0 Å². The molecule has 1 atom stereocenters. The summed E-state index contributed by atoms with van der Waals surface area (Å²) in [6, 6.07) is 3.52. The molecule has 1 saturated heterocycles. The third-order valence-electron chi connectivity index (χ3n) is 3.47. The Kier molecular flexibility index (Phi) is 5.01. The number of benzene rings is 1. The average Bonchev–Trinajstić information content (AvgIpc) is 2.40. The highest BCUT2D eigenvalue weighted by Crippen LogP contribution is 2.25. The third-order valence-corrected chi connectivity index (χ3v) is 5.77. The summed E-state index contributed by atoms with van der Waals surface area (Å²) in [6.45, 7) is 3.57. The summed E-state index contributed by atoms with van der Waals surface area (Å²) in [5.74, 6) is -0.806. The van der Waals surface area contributed by atoms with Crippen LogP contribution in [0.25, 0.3) is 0 Å². The number of likely N-dealkylation sites (N-methyl/N-ethyl adjacent to an activating group) is 1. The Labute approximate surface area is 124 Å². The van der Waals surface area contributed by atoms with Gasteiger partial charge in [-0.2, -0.15) is 4.31 Å². The van der Waals surface area contributed by atoms with E-state index < -0.39 is 15.8 Å². The summed E-state index contributed by atoms with van der Waals surface area (Å²) in [4.78, 5) is -0.311. The van der Waals surface area contributed by atoms with Crippen LogP contribution >= 0.6 is 11.6 Å². The largest absolute Gasteiger partial charge is 0.315 e. The minimum atomic E-state index is -3.84. The van der Waals surface area contributed by atoms with Crippen molar-refractivity contribution < 1.29 is 12.8 Å². The van der Waals surface area contributed by atoms with Crippen molar-refractivity contribution in [2.45, 2.75) is 30.7 Å². The van der Waals surface area contributed by atoms with Crippen LogP contribution in [0, 0.1) is 5.82 Å². The van der Waals surface area contributed by atoms with E-state index in [1.54, 1.807) is 6.92 Å². The molecule has 0 spiro atoms. The number of halogens is 2. The van der Waals surface area contributed by atoms with Crippen molar-refractivity contribution in [2.75, 3.05) is 19.6 Å². The van der Waals surface area contributed by atoms with Crippen molar-refractivity contribution in [3.8, 4) is 0 Å². The number of nitrogens with one attached hydrogen (secondary N) is 1. The van der Waals surface area contributed by atoms with Crippen LogP contribution in [-0.4, -0.2) is 38.4 Å². The average molecular weight is 321 g/mol. The van der Waals surface area contributed by atoms with E-state index in [2.05, 4.69) is 5.32 Å². The van der Waals surface area contributed by atoms with E-state index in [0.29, 0.717) is 13.1 Å². The minimum Gasteiger partial charge on any atom is -0.315 e. The smallest absolute Gasteiger partial charge is 0.246 e. The lowest BCUT2D eigenvalue weighted by molar-refractivity contribution is 0.273. The van der Waals surface area contributed by atoms with Gasteiger partial charge in [0.15, 0.2) is 0 Å². The molecule has 20 heavy (non-hydrogen) atoms. The molecule has 1 fully saturated rings. The maximum absolute atomic E-state index is 13.9. The molecule has 0 aliphatic carbocycles. The highest BCUT2D eigenvalue weighted by molar-refractivity contribution is 7.89. The van der Waals surface area contributed by atoms with Gasteiger partial charge in [0.25, 0.3) is 0 Å². The molecule has 0 aromatic heterocycles. The standard InChI is InChI=1S/C13H18ClFN2O2S/c1-2-17(11-4-3-7-16-9-11)20(18,19)13-6-5-10(14)8-12(13)15/h5-6,8,11,16H,2-4,7,9H2,1H3. The summed E-state index contributed by atoms with van der Waals surface area (Å²) in [6.07, 6.45) is 1.70. The molecule has 0 radical (unpaired) electrons. The van der Waals surface area contributed by atoms with Gasteiger partial charge in [-0.25, -0.2) is 12.8 Å². The number of piperidine rings is 1. The third kappa shape index (κ3) is 3.14. The molecule has 1 heterocycles. The molecule has 1 aromatic carbocycles. The van der Waals surface area contributed by atoms with Gasteiger partial charge >= 0.3 is 0 Å². The van der Waals surface area contributed by atoms with Crippen LogP contribution in [0.15, 0.2) is 23.1 Å². The van der Waals surface area contributed by atoms with Crippen molar-refractivity contribution in [3.63, 3.8) is 0 Å². The van der Waals surface area contributed by atoms with E-state index in [4.69, 9.17) is 11.6 Å². The highest BCUT2D eigenvalue weighted by Gasteiger charge is 2.32. The predicted octanol–water partition coefficient (Wildman–Crippen LogP) is 2.24. The number of nitrogens with zero attached hydrogens (tertiary/aromatic N) is 1. The molecule has 0 saturated carbocycles. The molecule has 112 valence electrons. The van der Waals surface area contributed by atoms with Crippen LogP contribution in [0.4, 0.5) is 4.39 Å². The molecule has 0 bridgehead atoms. The van der Waals surface area contributed by atoms with Gasteiger partial charge in [0, 0.05) is 24.2 Å². The fourth-order valence-electron chi connectivity index (χ4n) is 2.51. The topological polar surface area (TPSA) is 49.4 Å². The van der Waals surface area contributed by atoms with Gasteiger partial charge in [0.1, 0.15) is 10.7 Å². The van der Waals surface area contributed by atoms with Crippen LogP contribution in [0.5, 0.6) is 0 Å². The lowest BCUT2D eigenvalue weighted by Gasteiger charge is -2.33. The number of sulfonamides is 1. The molecule has 1 aromatic rings. The van der Waals surface area contributed by atoms with E-state index in [1.165, 1.54) is 16.4 Å². The zero-order chi connectivity index (χ0) is 14.8. The molecular weight excluding hydrogens is 303 g/mol. The van der Waals surface area contributed by atoms with Crippen LogP contribution < -0.4 is 5.32 Å². The van der Waals surface area contributed by atoms with Gasteiger partial charge in [-0.05, 0) is 37.6 Å². The zero-order valence-electron chi connectivity index (χ0n) is 11.3. The molecule has 7 heteroatoms. The summed E-state index contributed by atoms with van der Waals surface area (Å²) >= 11 is 5.67. The molecule has 1 aliphatic rings. The fourth-order valence-corrected chi connectivity index (χ4v) is 4.38. The summed E-state index contributed by atoms with van der Waals surface area (Å²) in [5, 5.41) is 3.36. The number of hydrogen-bond donors (Lipinski definition) is 1. The van der Waals surface area contributed by atoms with Crippen LogP contribution in [-0.2, 0) is 10.0 Å². The second-order valence-corrected chi connectivity index (χ2v) is 7.08. The van der Waals surface area contributed by atoms with E-state index in [9.17, 15) is 12.8 Å². The van der Waals surface area contributed by atoms with Crippen LogP contribution in [0.2, 0.25) is 5.02 Å². The summed E-state index contributed by atoms with van der Waals surface area (Å²) in [5.41, 5.74) is 0. The van der Waals surface area contributed by atoms with Gasteiger partial charge in [-0.1, -0.05) is 18.5 Å². The molecular formula is C13H18ClFN2O2S. The second kappa shape index (κ2) is 6.39. The first-order valence-corrected chi connectivity index (χ1v) is 8.46. The molecule has 2 rings (SSSR count). The summed E-state index contributed by atoms with van der Waals surface area (Å²) < 4.78 is 40.5. The molecule has 0 amide bonds. The van der Waals surface area contributed by atoms with E-state index in [1.807, 2.05) is 0 Å². The second-order valence-electron chi connectivity index (χ2n) is 4.78.